The van der Waals surface area contributed by atoms with Gasteiger partial charge in [-0.3, -0.25) is 9.69 Å². The van der Waals surface area contributed by atoms with Crippen molar-refractivity contribution in [1.29, 1.82) is 0 Å². The van der Waals surface area contributed by atoms with Gasteiger partial charge in [-0.25, -0.2) is 4.79 Å². The number of ether oxygens (including phenoxy) is 1. The average Bonchev–Trinajstić information content (AvgIpc) is 3.22. The van der Waals surface area contributed by atoms with E-state index in [-0.39, 0.29) is 11.9 Å². The minimum Gasteiger partial charge on any atom is -0.492 e. The van der Waals surface area contributed by atoms with Crippen molar-refractivity contribution in [3.63, 3.8) is 0 Å². The van der Waals surface area contributed by atoms with Crippen molar-refractivity contribution in [2.45, 2.75) is 6.54 Å². The molecule has 0 unspecified atom stereocenters. The molecule has 1 aliphatic rings. The number of amides is 3. The van der Waals surface area contributed by atoms with Gasteiger partial charge in [0.15, 0.2) is 0 Å². The molecule has 1 fully saturated rings. The quantitative estimate of drug-likeness (QED) is 0.602. The predicted octanol–water partition coefficient (Wildman–Crippen LogP) is 2.96. The molecule has 1 aliphatic heterocycles. The second-order valence-corrected chi connectivity index (χ2v) is 8.43. The molecule has 0 bridgehead atoms. The Labute approximate surface area is 194 Å². The first-order valence-corrected chi connectivity index (χ1v) is 11.2. The number of nitrogens with one attached hydrogen (secondary N) is 1. The molecule has 8 nitrogen and oxygen atoms in total. The van der Waals surface area contributed by atoms with Crippen LogP contribution in [-0.4, -0.2) is 84.6 Å². The second-order valence-electron chi connectivity index (χ2n) is 8.43. The van der Waals surface area contributed by atoms with Gasteiger partial charge in [0, 0.05) is 69.6 Å². The summed E-state index contributed by atoms with van der Waals surface area (Å²) < 4.78 is 7.69. The molecule has 3 aromatic rings. The van der Waals surface area contributed by atoms with Crippen molar-refractivity contribution in [2.75, 3.05) is 58.7 Å². The van der Waals surface area contributed by atoms with Crippen LogP contribution < -0.4 is 10.1 Å². The number of rotatable bonds is 7. The topological polar surface area (TPSA) is 70.1 Å². The molecule has 0 aliphatic carbocycles. The molecule has 0 spiro atoms. The number of urea groups is 1. The van der Waals surface area contributed by atoms with Gasteiger partial charge in [-0.2, -0.15) is 0 Å². The van der Waals surface area contributed by atoms with Crippen molar-refractivity contribution < 1.29 is 14.3 Å². The summed E-state index contributed by atoms with van der Waals surface area (Å²) in [6, 6.07) is 17.5. The number of fused-ring (bicyclic) bond motifs is 1. The number of aromatic nitrogens is 1. The van der Waals surface area contributed by atoms with E-state index in [4.69, 9.17) is 4.74 Å². The van der Waals surface area contributed by atoms with Crippen LogP contribution in [0.1, 0.15) is 0 Å². The van der Waals surface area contributed by atoms with Crippen LogP contribution in [0.2, 0.25) is 0 Å². The number of carbonyl (C=O) groups is 2. The monoisotopic (exact) mass is 449 g/mol. The zero-order valence-corrected chi connectivity index (χ0v) is 19.2. The maximum atomic E-state index is 12.8. The van der Waals surface area contributed by atoms with Gasteiger partial charge in [-0.15, -0.1) is 0 Å². The highest BCUT2D eigenvalue weighted by molar-refractivity contribution is 5.93. The van der Waals surface area contributed by atoms with Crippen molar-refractivity contribution in [2.24, 2.45) is 0 Å². The zero-order chi connectivity index (χ0) is 23.2. The fourth-order valence-corrected chi connectivity index (χ4v) is 3.89. The molecule has 2 heterocycles. The molecule has 1 N–H and O–H groups in total. The third kappa shape index (κ3) is 5.84. The van der Waals surface area contributed by atoms with Crippen LogP contribution in [0.15, 0.2) is 60.8 Å². The fraction of sp³-hybridized carbons (Fsp3) is 0.360. The summed E-state index contributed by atoms with van der Waals surface area (Å²) in [7, 11) is 3.50. The molecule has 0 atom stereocenters. The summed E-state index contributed by atoms with van der Waals surface area (Å²) in [6.07, 6.45) is 1.90. The van der Waals surface area contributed by atoms with Crippen LogP contribution >= 0.6 is 0 Å². The summed E-state index contributed by atoms with van der Waals surface area (Å²) in [5.74, 6) is 0.919. The molecule has 8 heteroatoms. The number of hydrogen-bond donors (Lipinski definition) is 1. The Bertz CT molecular complexity index is 1090. The molecule has 1 saturated heterocycles. The predicted molar refractivity (Wildman–Crippen MR) is 130 cm³/mol. The minimum atomic E-state index is -0.0863. The molecule has 4 rings (SSSR count). The third-order valence-corrected chi connectivity index (χ3v) is 5.91. The number of carbonyl (C=O) groups excluding carboxylic acids is 2. The van der Waals surface area contributed by atoms with Crippen molar-refractivity contribution in [3.8, 4) is 5.75 Å². The second kappa shape index (κ2) is 10.4. The summed E-state index contributed by atoms with van der Waals surface area (Å²) in [5.41, 5.74) is 1.72. The first-order valence-electron chi connectivity index (χ1n) is 11.2. The van der Waals surface area contributed by atoms with E-state index in [1.807, 2.05) is 70.3 Å². The van der Waals surface area contributed by atoms with Crippen LogP contribution in [-0.2, 0) is 11.3 Å². The SMILES string of the molecule is CN(C)C(=O)Cn1ccc2cc(NC(=O)N3CCN(CCOc4ccccc4)CC3)ccc21. The Morgan fingerprint density at radius 2 is 1.76 bits per heavy atom. The number of para-hydroxylation sites is 1. The normalized spacial score (nSPS) is 14.3. The van der Waals surface area contributed by atoms with Crippen LogP contribution in [0, 0.1) is 0 Å². The summed E-state index contributed by atoms with van der Waals surface area (Å²) in [5, 5.41) is 4.00. The maximum absolute atomic E-state index is 12.8. The standard InChI is InChI=1S/C25H31N5O3/c1-27(2)24(31)19-30-11-10-20-18-21(8-9-23(20)30)26-25(32)29-14-12-28(13-15-29)16-17-33-22-6-4-3-5-7-22/h3-11,18H,12-17,19H2,1-2H3,(H,26,32). The van der Waals surface area contributed by atoms with E-state index in [2.05, 4.69) is 10.2 Å². The highest BCUT2D eigenvalue weighted by Gasteiger charge is 2.21. The Balaban J connectivity index is 1.25. The lowest BCUT2D eigenvalue weighted by Crippen LogP contribution is -2.50. The largest absolute Gasteiger partial charge is 0.492 e. The Morgan fingerprint density at radius 3 is 2.48 bits per heavy atom. The summed E-state index contributed by atoms with van der Waals surface area (Å²) >= 11 is 0. The smallest absolute Gasteiger partial charge is 0.321 e. The van der Waals surface area contributed by atoms with Gasteiger partial charge in [-0.05, 0) is 36.4 Å². The Morgan fingerprint density at radius 1 is 1.00 bits per heavy atom. The molecule has 2 aromatic carbocycles. The van der Waals surface area contributed by atoms with Gasteiger partial charge >= 0.3 is 6.03 Å². The lowest BCUT2D eigenvalue weighted by atomic mass is 10.2. The van der Waals surface area contributed by atoms with Crippen LogP contribution in [0.25, 0.3) is 10.9 Å². The van der Waals surface area contributed by atoms with Gasteiger partial charge in [0.1, 0.15) is 18.9 Å². The van der Waals surface area contributed by atoms with Gasteiger partial charge in [-0.1, -0.05) is 18.2 Å². The van der Waals surface area contributed by atoms with E-state index in [0.29, 0.717) is 26.2 Å². The van der Waals surface area contributed by atoms with E-state index in [9.17, 15) is 9.59 Å². The van der Waals surface area contributed by atoms with E-state index in [1.165, 1.54) is 0 Å². The number of nitrogens with zero attached hydrogens (tertiary/aromatic N) is 4. The molecule has 0 radical (unpaired) electrons. The van der Waals surface area contributed by atoms with Crippen LogP contribution in [0.5, 0.6) is 5.75 Å². The third-order valence-electron chi connectivity index (χ3n) is 5.91. The summed E-state index contributed by atoms with van der Waals surface area (Å²) in [6.45, 7) is 4.79. The lowest BCUT2D eigenvalue weighted by molar-refractivity contribution is -0.129. The average molecular weight is 450 g/mol. The molecule has 174 valence electrons. The zero-order valence-electron chi connectivity index (χ0n) is 19.2. The Kier molecular flexibility index (Phi) is 7.14. The van der Waals surface area contributed by atoms with Crippen molar-refractivity contribution in [1.82, 2.24) is 19.3 Å². The highest BCUT2D eigenvalue weighted by Crippen LogP contribution is 2.21. The Hall–Kier alpha value is -3.52. The van der Waals surface area contributed by atoms with Crippen LogP contribution in [0.3, 0.4) is 0 Å². The summed E-state index contributed by atoms with van der Waals surface area (Å²) in [4.78, 5) is 30.5. The van der Waals surface area contributed by atoms with Gasteiger partial charge in [0.2, 0.25) is 5.91 Å². The first-order chi connectivity index (χ1) is 16.0. The molecule has 0 saturated carbocycles. The van der Waals surface area contributed by atoms with Crippen molar-refractivity contribution in [3.05, 3.63) is 60.8 Å². The van der Waals surface area contributed by atoms with E-state index >= 15 is 0 Å². The van der Waals surface area contributed by atoms with E-state index in [0.717, 1.165) is 42.0 Å². The fourth-order valence-electron chi connectivity index (χ4n) is 3.89. The number of anilines is 1. The van der Waals surface area contributed by atoms with Crippen molar-refractivity contribution >= 4 is 28.5 Å². The van der Waals surface area contributed by atoms with Gasteiger partial charge in [0.25, 0.3) is 0 Å². The molecular formula is C25H31N5O3. The number of likely N-dealkylation sites (N-methyl/N-ethyl adjacent to an activating group) is 1. The van der Waals surface area contributed by atoms with Crippen LogP contribution in [0.4, 0.5) is 10.5 Å². The number of hydrogen-bond acceptors (Lipinski definition) is 4. The van der Waals surface area contributed by atoms with Gasteiger partial charge < -0.3 is 24.4 Å². The molecule has 33 heavy (non-hydrogen) atoms. The number of benzene rings is 2. The molecule has 1 aromatic heterocycles. The minimum absolute atomic E-state index is 0.0376. The first kappa shape index (κ1) is 22.7. The highest BCUT2D eigenvalue weighted by atomic mass is 16.5. The van der Waals surface area contributed by atoms with Gasteiger partial charge in [0.05, 0.1) is 0 Å². The number of piperazine rings is 1. The van der Waals surface area contributed by atoms with E-state index < -0.39 is 0 Å². The van der Waals surface area contributed by atoms with E-state index in [1.54, 1.807) is 19.0 Å². The maximum Gasteiger partial charge on any atom is 0.321 e. The molecule has 3 amide bonds. The lowest BCUT2D eigenvalue weighted by Gasteiger charge is -2.34. The molecular weight excluding hydrogens is 418 g/mol.